The Labute approximate surface area is 443 Å². The fourth-order valence-corrected chi connectivity index (χ4v) is 10.8. The zero-order valence-electron chi connectivity index (χ0n) is 45.7. The lowest BCUT2D eigenvalue weighted by Crippen LogP contribution is -2.61. The molecule has 5 N–H and O–H groups in total. The van der Waals surface area contributed by atoms with Crippen LogP contribution in [0.25, 0.3) is 0 Å². The predicted molar refractivity (Wildman–Crippen MR) is 280 cm³/mol. The Kier molecular flexibility index (Phi) is 24.7. The van der Waals surface area contributed by atoms with Gasteiger partial charge in [-0.3, -0.25) is 19.2 Å². The molecule has 0 aromatic heterocycles. The van der Waals surface area contributed by atoms with E-state index in [4.69, 9.17) is 33.9 Å². The summed E-state index contributed by atoms with van der Waals surface area (Å²) in [6.45, 7) is 12.7. The highest BCUT2D eigenvalue weighted by Gasteiger charge is 2.53. The first kappa shape index (κ1) is 62.7. The number of fused-ring (bicyclic) bond motifs is 3. The quantitative estimate of drug-likeness (QED) is 0.102. The van der Waals surface area contributed by atoms with Crippen molar-refractivity contribution in [2.75, 3.05) is 27.9 Å². The van der Waals surface area contributed by atoms with Gasteiger partial charge in [0, 0.05) is 58.5 Å². The maximum absolute atomic E-state index is 14.4. The second-order valence-corrected chi connectivity index (χ2v) is 21.4. The van der Waals surface area contributed by atoms with Gasteiger partial charge in [-0.05, 0) is 119 Å². The molecule has 17 heteroatoms. The number of aromatic carboxylic acids is 1. The van der Waals surface area contributed by atoms with E-state index in [9.17, 15) is 44.1 Å². The maximum atomic E-state index is 14.4. The van der Waals surface area contributed by atoms with Crippen LogP contribution in [0.1, 0.15) is 136 Å². The highest BCUT2D eigenvalue weighted by Crippen LogP contribution is 2.38. The van der Waals surface area contributed by atoms with Gasteiger partial charge >= 0.3 is 11.9 Å². The highest BCUT2D eigenvalue weighted by atomic mass is 16.6. The Hall–Kier alpha value is -4.88. The molecule has 3 aliphatic heterocycles. The zero-order chi connectivity index (χ0) is 55.7. The highest BCUT2D eigenvalue weighted by molar-refractivity contribution is 6.39. The second kappa shape index (κ2) is 29.6. The number of aliphatic hydroxyl groups excluding tert-OH is 2. The minimum Gasteiger partial charge on any atom is -0.507 e. The fourth-order valence-electron chi connectivity index (χ4n) is 10.8. The molecule has 2 saturated heterocycles. The van der Waals surface area contributed by atoms with Crippen molar-refractivity contribution in [1.29, 1.82) is 0 Å². The lowest BCUT2D eigenvalue weighted by molar-refractivity contribution is -0.265. The topological polar surface area (TPSA) is 253 Å². The van der Waals surface area contributed by atoms with Crippen molar-refractivity contribution in [1.82, 2.24) is 4.90 Å². The van der Waals surface area contributed by atoms with Crippen LogP contribution in [-0.4, -0.2) is 148 Å². The first-order chi connectivity index (χ1) is 35.5. The number of hydrogen-bond acceptors (Lipinski definition) is 15. The number of allylic oxidation sites excluding steroid dienone is 6. The zero-order valence-corrected chi connectivity index (χ0v) is 45.7. The van der Waals surface area contributed by atoms with Crippen molar-refractivity contribution >= 4 is 35.2 Å². The SMILES string of the molecule is CO[C@H]1C[C@@H]2CC[C@@H](C)[C@@](O)(O2)C(=O)C(=O)N2CCCC[C@H]2C(=O)O[C@H]([C@H](C)C[C@@H]2CC[C@@H](O)[C@H](OC)C2)CC(=O)[C@H](C)/C=C(\C)[C@@H](O)[C@@H](OC)C(=O)[C@H](C)C[C@H](C)/C=C/C=CC=C1C.O=C(O)c1ccccc1O. The third-order valence-electron chi connectivity index (χ3n) is 15.6. The molecule has 3 heterocycles. The lowest BCUT2D eigenvalue weighted by Gasteiger charge is -2.42. The van der Waals surface area contributed by atoms with Crippen molar-refractivity contribution in [3.05, 3.63) is 77.4 Å². The van der Waals surface area contributed by atoms with Gasteiger partial charge in [-0.1, -0.05) is 83.2 Å². The molecular formula is C58H85NO16. The number of piperidine rings is 1. The number of aromatic hydroxyl groups is 1. The van der Waals surface area contributed by atoms with E-state index in [1.807, 2.05) is 58.1 Å². The van der Waals surface area contributed by atoms with Gasteiger partial charge in [0.1, 0.15) is 41.4 Å². The Bertz CT molecular complexity index is 2220. The first-order valence-corrected chi connectivity index (χ1v) is 26.7. The van der Waals surface area contributed by atoms with Crippen LogP contribution in [0.4, 0.5) is 0 Å². The van der Waals surface area contributed by atoms with Crippen molar-refractivity contribution in [3.63, 3.8) is 0 Å². The summed E-state index contributed by atoms with van der Waals surface area (Å²) in [6, 6.07) is 4.67. The molecule has 1 aromatic carbocycles. The van der Waals surface area contributed by atoms with Gasteiger partial charge in [-0.2, -0.15) is 0 Å². The monoisotopic (exact) mass is 1050 g/mol. The number of rotatable bonds is 7. The molecule has 0 spiro atoms. The minimum atomic E-state index is -2.43. The van der Waals surface area contributed by atoms with E-state index in [-0.39, 0.29) is 66.1 Å². The summed E-state index contributed by atoms with van der Waals surface area (Å²) in [5.74, 6) is -9.27. The van der Waals surface area contributed by atoms with Crippen LogP contribution in [0.3, 0.4) is 0 Å². The van der Waals surface area contributed by atoms with E-state index in [2.05, 4.69) is 0 Å². The number of ether oxygens (including phenoxy) is 5. The van der Waals surface area contributed by atoms with Crippen LogP contribution in [-0.2, 0) is 47.7 Å². The molecular weight excluding hydrogens is 967 g/mol. The number of cyclic esters (lactones) is 1. The summed E-state index contributed by atoms with van der Waals surface area (Å²) in [7, 11) is 4.52. The molecule has 1 aromatic rings. The van der Waals surface area contributed by atoms with Crippen LogP contribution in [0.15, 0.2) is 71.9 Å². The molecule has 15 atom stereocenters. The van der Waals surface area contributed by atoms with Crippen LogP contribution in [0.2, 0.25) is 0 Å². The molecule has 418 valence electrons. The number of hydrogen-bond donors (Lipinski definition) is 5. The number of phenols is 1. The summed E-state index contributed by atoms with van der Waals surface area (Å²) >= 11 is 0. The average molecular weight is 1050 g/mol. The lowest BCUT2D eigenvalue weighted by atomic mass is 9.78. The van der Waals surface area contributed by atoms with Crippen LogP contribution in [0.5, 0.6) is 5.75 Å². The molecule has 3 fully saturated rings. The number of Topliss-reactive ketones (excluding diaryl/α,β-unsaturated/α-hetero) is 3. The van der Waals surface area contributed by atoms with Crippen molar-refractivity contribution in [2.24, 2.45) is 35.5 Å². The van der Waals surface area contributed by atoms with Crippen LogP contribution >= 0.6 is 0 Å². The standard InChI is InChI=1S/C51H79NO13.C7H6O3/c1-30-16-12-11-13-17-31(2)42(61-8)28-38-21-19-36(7)51(60,65-38)48(57)49(58)52-23-15-14-18-39(52)50(59)64-43(33(4)26-37-20-22-40(53)44(27-37)62-9)29-41(54)32(3)25-35(6)46(56)47(63-10)45(55)34(5)24-30;8-6-4-2-1-3-5(6)7(9)10/h11-13,16-17,25,30,32-34,36-40,42-44,46-47,53,56,60H,14-15,18-24,26-29H2,1-10H3;1-4,8H,(H,9,10)/b13-11?,16-12+,31-17?,35-25+;/t30-,32-,33-,34-,36-,37+,38+,39+,40-,42+,43+,44-,46-,47+,51-;/m1./s1. The van der Waals surface area contributed by atoms with Gasteiger partial charge in [0.15, 0.2) is 5.78 Å². The Morgan fingerprint density at radius 3 is 2.20 bits per heavy atom. The Morgan fingerprint density at radius 2 is 1.56 bits per heavy atom. The third kappa shape index (κ3) is 17.3. The Balaban J connectivity index is 0.00000108. The number of carbonyl (C=O) groups excluding carboxylic acids is 5. The molecule has 17 nitrogen and oxygen atoms in total. The number of carboxylic acid groups (broad SMARTS) is 1. The summed E-state index contributed by atoms with van der Waals surface area (Å²) < 4.78 is 29.4. The number of para-hydroxylation sites is 1. The summed E-state index contributed by atoms with van der Waals surface area (Å²) in [5, 5.41) is 51.1. The van der Waals surface area contributed by atoms with E-state index < -0.39 is 89.8 Å². The molecule has 1 amide bonds. The van der Waals surface area contributed by atoms with Gasteiger partial charge < -0.3 is 54.1 Å². The number of carbonyl (C=O) groups is 6. The molecule has 1 aliphatic carbocycles. The van der Waals surface area contributed by atoms with Gasteiger partial charge in [-0.15, -0.1) is 0 Å². The molecule has 5 rings (SSSR count). The number of amides is 1. The van der Waals surface area contributed by atoms with Crippen LogP contribution < -0.4 is 0 Å². The molecule has 2 bridgehead atoms. The molecule has 0 radical (unpaired) electrons. The number of carboxylic acids is 1. The number of benzene rings is 1. The maximum Gasteiger partial charge on any atom is 0.339 e. The van der Waals surface area contributed by atoms with E-state index in [0.717, 1.165) is 12.0 Å². The van der Waals surface area contributed by atoms with Gasteiger partial charge in [0.05, 0.1) is 24.4 Å². The molecule has 4 aliphatic rings. The summed E-state index contributed by atoms with van der Waals surface area (Å²) in [5.41, 5.74) is 1.20. The van der Waals surface area contributed by atoms with E-state index in [0.29, 0.717) is 63.4 Å². The average Bonchev–Trinajstić information content (AvgIpc) is 3.38. The molecule has 0 unspecified atom stereocenters. The smallest absolute Gasteiger partial charge is 0.339 e. The Morgan fingerprint density at radius 1 is 0.853 bits per heavy atom. The van der Waals surface area contributed by atoms with Gasteiger partial charge in [-0.25, -0.2) is 9.59 Å². The summed E-state index contributed by atoms with van der Waals surface area (Å²) in [6.07, 6.45) is 11.2. The van der Waals surface area contributed by atoms with E-state index in [1.165, 1.54) is 24.1 Å². The fraction of sp³-hybridized carbons (Fsp3) is 0.655. The molecule has 75 heavy (non-hydrogen) atoms. The summed E-state index contributed by atoms with van der Waals surface area (Å²) in [4.78, 5) is 82.0. The third-order valence-corrected chi connectivity index (χ3v) is 15.6. The van der Waals surface area contributed by atoms with Crippen LogP contribution in [0, 0.1) is 35.5 Å². The van der Waals surface area contributed by atoms with E-state index in [1.54, 1.807) is 53.2 Å². The number of nitrogens with zero attached hydrogens (tertiary/aromatic N) is 1. The second-order valence-electron chi connectivity index (χ2n) is 21.4. The van der Waals surface area contributed by atoms with Crippen molar-refractivity contribution < 1.29 is 78.0 Å². The predicted octanol–water partition coefficient (Wildman–Crippen LogP) is 7.27. The largest absolute Gasteiger partial charge is 0.507 e. The minimum absolute atomic E-state index is 0.0193. The number of esters is 1. The van der Waals surface area contributed by atoms with Crippen molar-refractivity contribution in [2.45, 2.75) is 180 Å². The number of aliphatic hydroxyl groups is 3. The van der Waals surface area contributed by atoms with Crippen molar-refractivity contribution in [3.8, 4) is 5.75 Å². The number of ketones is 3. The van der Waals surface area contributed by atoms with E-state index >= 15 is 0 Å². The van der Waals surface area contributed by atoms with Gasteiger partial charge in [0.2, 0.25) is 5.79 Å². The molecule has 1 saturated carbocycles. The normalized spacial score (nSPS) is 35.1. The number of methoxy groups -OCH3 is 3. The van der Waals surface area contributed by atoms with Gasteiger partial charge in [0.25, 0.3) is 11.7 Å². The first-order valence-electron chi connectivity index (χ1n) is 26.7.